The number of hydrogen-bond donors (Lipinski definition) is 1. The van der Waals surface area contributed by atoms with Crippen LogP contribution in [0.3, 0.4) is 0 Å². The van der Waals surface area contributed by atoms with E-state index >= 15 is 0 Å². The van der Waals surface area contributed by atoms with Crippen molar-refractivity contribution >= 4 is 5.69 Å². The number of hydrogen-bond acceptors (Lipinski definition) is 2. The van der Waals surface area contributed by atoms with E-state index in [1.54, 1.807) is 6.92 Å². The summed E-state index contributed by atoms with van der Waals surface area (Å²) in [5, 5.41) is 2.62. The van der Waals surface area contributed by atoms with Crippen LogP contribution in [0.15, 0.2) is 12.1 Å². The van der Waals surface area contributed by atoms with Gasteiger partial charge in [0.15, 0.2) is 11.6 Å². The van der Waals surface area contributed by atoms with Crippen LogP contribution in [0.4, 0.5) is 18.9 Å². The molecule has 1 aromatic carbocycles. The van der Waals surface area contributed by atoms with Crippen molar-refractivity contribution in [1.29, 1.82) is 0 Å². The molecule has 0 radical (unpaired) electrons. The lowest BCUT2D eigenvalue weighted by molar-refractivity contribution is 0.128. The molecule has 0 spiro atoms. The van der Waals surface area contributed by atoms with Gasteiger partial charge in [-0.25, -0.2) is 13.2 Å². The molecule has 0 aliphatic rings. The summed E-state index contributed by atoms with van der Waals surface area (Å²) in [5.41, 5.74) is -0.0715. The first-order chi connectivity index (χ1) is 7.04. The summed E-state index contributed by atoms with van der Waals surface area (Å²) in [6.07, 6.45) is -0.141. The molecule has 1 atom stereocenters. The Morgan fingerprint density at radius 1 is 1.20 bits per heavy atom. The summed E-state index contributed by atoms with van der Waals surface area (Å²) in [4.78, 5) is 0. The minimum Gasteiger partial charge on any atom is -0.380 e. The van der Waals surface area contributed by atoms with Crippen LogP contribution >= 0.6 is 0 Å². The van der Waals surface area contributed by atoms with Gasteiger partial charge in [-0.15, -0.1) is 0 Å². The van der Waals surface area contributed by atoms with Gasteiger partial charge in [0.1, 0.15) is 5.82 Å². The number of benzene rings is 1. The van der Waals surface area contributed by atoms with Crippen LogP contribution in [-0.4, -0.2) is 19.8 Å². The Morgan fingerprint density at radius 2 is 1.80 bits per heavy atom. The zero-order valence-electron chi connectivity index (χ0n) is 8.48. The Labute approximate surface area is 86.1 Å². The summed E-state index contributed by atoms with van der Waals surface area (Å²) in [6.45, 7) is 2.09. The molecule has 0 saturated carbocycles. The summed E-state index contributed by atoms with van der Waals surface area (Å²) in [6, 6.07) is 1.29. The Kier molecular flexibility index (Phi) is 3.96. The average Bonchev–Trinajstić information content (AvgIpc) is 2.21. The normalized spacial score (nSPS) is 12.6. The SMILES string of the molecule is COC(C)CNc1cc(F)c(F)cc1F. The molecule has 0 aromatic heterocycles. The number of anilines is 1. The molecule has 84 valence electrons. The fourth-order valence-electron chi connectivity index (χ4n) is 0.995. The zero-order valence-corrected chi connectivity index (χ0v) is 8.48. The monoisotopic (exact) mass is 219 g/mol. The van der Waals surface area contributed by atoms with Gasteiger partial charge >= 0.3 is 0 Å². The molecule has 0 saturated heterocycles. The molecule has 0 fully saturated rings. The van der Waals surface area contributed by atoms with Crippen LogP contribution < -0.4 is 5.32 Å². The lowest BCUT2D eigenvalue weighted by Crippen LogP contribution is -2.18. The topological polar surface area (TPSA) is 21.3 Å². The molecule has 5 heteroatoms. The Morgan fingerprint density at radius 3 is 2.40 bits per heavy atom. The molecule has 0 heterocycles. The quantitative estimate of drug-likeness (QED) is 0.786. The molecular weight excluding hydrogens is 207 g/mol. The number of rotatable bonds is 4. The molecule has 0 aliphatic carbocycles. The minimum atomic E-state index is -1.20. The summed E-state index contributed by atoms with van der Waals surface area (Å²) < 4.78 is 43.3. The van der Waals surface area contributed by atoms with Crippen molar-refractivity contribution in [3.8, 4) is 0 Å². The minimum absolute atomic E-state index is 0.0715. The van der Waals surface area contributed by atoms with Gasteiger partial charge in [-0.3, -0.25) is 0 Å². The van der Waals surface area contributed by atoms with Gasteiger partial charge in [0.2, 0.25) is 0 Å². The molecule has 1 rings (SSSR count). The Balaban J connectivity index is 2.73. The molecule has 0 bridgehead atoms. The van der Waals surface area contributed by atoms with Crippen LogP contribution in [0.5, 0.6) is 0 Å². The van der Waals surface area contributed by atoms with Crippen molar-refractivity contribution in [3.63, 3.8) is 0 Å². The summed E-state index contributed by atoms with van der Waals surface area (Å²) in [5.74, 6) is -3.10. The van der Waals surface area contributed by atoms with Gasteiger partial charge in [-0.2, -0.15) is 0 Å². The molecule has 1 N–H and O–H groups in total. The second kappa shape index (κ2) is 5.02. The lowest BCUT2D eigenvalue weighted by atomic mass is 10.2. The van der Waals surface area contributed by atoms with Crippen LogP contribution in [0, 0.1) is 17.5 Å². The van der Waals surface area contributed by atoms with E-state index in [1.807, 2.05) is 0 Å². The smallest absolute Gasteiger partial charge is 0.161 e. The fraction of sp³-hybridized carbons (Fsp3) is 0.400. The highest BCUT2D eigenvalue weighted by atomic mass is 19.2. The molecule has 15 heavy (non-hydrogen) atoms. The van der Waals surface area contributed by atoms with E-state index in [1.165, 1.54) is 7.11 Å². The standard InChI is InChI=1S/C10H12F3NO/c1-6(15-2)5-14-10-4-8(12)7(11)3-9(10)13/h3-4,6,14H,5H2,1-2H3. The second-order valence-electron chi connectivity index (χ2n) is 3.17. The maximum Gasteiger partial charge on any atom is 0.161 e. The summed E-state index contributed by atoms with van der Waals surface area (Å²) in [7, 11) is 1.51. The predicted molar refractivity (Wildman–Crippen MR) is 51.3 cm³/mol. The van der Waals surface area contributed by atoms with Gasteiger partial charge in [-0.1, -0.05) is 0 Å². The highest BCUT2D eigenvalue weighted by Crippen LogP contribution is 2.18. The molecule has 1 unspecified atom stereocenters. The first kappa shape index (κ1) is 11.8. The van der Waals surface area contributed by atoms with Crippen molar-refractivity contribution in [2.75, 3.05) is 19.0 Å². The van der Waals surface area contributed by atoms with Gasteiger partial charge < -0.3 is 10.1 Å². The number of nitrogens with one attached hydrogen (secondary N) is 1. The van der Waals surface area contributed by atoms with E-state index in [2.05, 4.69) is 5.32 Å². The number of ether oxygens (including phenoxy) is 1. The van der Waals surface area contributed by atoms with Crippen LogP contribution in [0.1, 0.15) is 6.92 Å². The van der Waals surface area contributed by atoms with Crippen molar-refractivity contribution in [3.05, 3.63) is 29.6 Å². The van der Waals surface area contributed by atoms with Crippen molar-refractivity contribution in [2.24, 2.45) is 0 Å². The first-order valence-electron chi connectivity index (χ1n) is 4.45. The van der Waals surface area contributed by atoms with Crippen molar-refractivity contribution < 1.29 is 17.9 Å². The lowest BCUT2D eigenvalue weighted by Gasteiger charge is -2.12. The zero-order chi connectivity index (χ0) is 11.4. The van der Waals surface area contributed by atoms with E-state index in [0.29, 0.717) is 12.6 Å². The van der Waals surface area contributed by atoms with E-state index < -0.39 is 17.5 Å². The molecular formula is C10H12F3NO. The third kappa shape index (κ3) is 3.13. The van der Waals surface area contributed by atoms with E-state index in [0.717, 1.165) is 6.07 Å². The van der Waals surface area contributed by atoms with E-state index in [-0.39, 0.29) is 11.8 Å². The molecule has 0 aliphatic heterocycles. The molecule has 0 amide bonds. The number of methoxy groups -OCH3 is 1. The summed E-state index contributed by atoms with van der Waals surface area (Å²) >= 11 is 0. The van der Waals surface area contributed by atoms with Crippen LogP contribution in [-0.2, 0) is 4.74 Å². The first-order valence-corrected chi connectivity index (χ1v) is 4.45. The van der Waals surface area contributed by atoms with E-state index in [9.17, 15) is 13.2 Å². The third-order valence-electron chi connectivity index (χ3n) is 1.99. The fourth-order valence-corrected chi connectivity index (χ4v) is 0.995. The third-order valence-corrected chi connectivity index (χ3v) is 1.99. The maximum atomic E-state index is 13.1. The molecule has 2 nitrogen and oxygen atoms in total. The largest absolute Gasteiger partial charge is 0.380 e. The van der Waals surface area contributed by atoms with Crippen molar-refractivity contribution in [1.82, 2.24) is 0 Å². The second-order valence-corrected chi connectivity index (χ2v) is 3.17. The van der Waals surface area contributed by atoms with Gasteiger partial charge in [-0.05, 0) is 6.92 Å². The molecule has 1 aromatic rings. The van der Waals surface area contributed by atoms with E-state index in [4.69, 9.17) is 4.74 Å². The van der Waals surface area contributed by atoms with Crippen LogP contribution in [0.25, 0.3) is 0 Å². The Hall–Kier alpha value is -1.23. The highest BCUT2D eigenvalue weighted by Gasteiger charge is 2.10. The van der Waals surface area contributed by atoms with Crippen molar-refractivity contribution in [2.45, 2.75) is 13.0 Å². The van der Waals surface area contributed by atoms with Crippen LogP contribution in [0.2, 0.25) is 0 Å². The maximum absolute atomic E-state index is 13.1. The number of halogens is 3. The van der Waals surface area contributed by atoms with Gasteiger partial charge in [0.25, 0.3) is 0 Å². The van der Waals surface area contributed by atoms with Gasteiger partial charge in [0.05, 0.1) is 11.8 Å². The predicted octanol–water partition coefficient (Wildman–Crippen LogP) is 2.55. The Bertz CT molecular complexity index is 344. The highest BCUT2D eigenvalue weighted by molar-refractivity contribution is 5.45. The van der Waals surface area contributed by atoms with Gasteiger partial charge in [0, 0.05) is 25.8 Å². The average molecular weight is 219 g/mol.